The highest BCUT2D eigenvalue weighted by Crippen LogP contribution is 2.39. The molecule has 0 radical (unpaired) electrons. The second-order valence-corrected chi connectivity index (χ2v) is 3.88. The third kappa shape index (κ3) is 4.65. The van der Waals surface area contributed by atoms with E-state index in [1.54, 1.807) is 0 Å². The highest BCUT2D eigenvalue weighted by molar-refractivity contribution is 7.85. The van der Waals surface area contributed by atoms with Crippen LogP contribution in [-0.2, 0) is 10.1 Å². The van der Waals surface area contributed by atoms with Gasteiger partial charge in [-0.1, -0.05) is 0 Å². The van der Waals surface area contributed by atoms with E-state index in [1.165, 1.54) is 0 Å². The lowest BCUT2D eigenvalue weighted by molar-refractivity contribution is -0.276. The van der Waals surface area contributed by atoms with E-state index in [-0.39, 0.29) is 0 Å². The first-order chi connectivity index (χ1) is 5.84. The molecular formula is C4H4F6O3S. The van der Waals surface area contributed by atoms with Gasteiger partial charge in [0, 0.05) is 0 Å². The smallest absolute Gasteiger partial charge is 0.286 e. The normalized spacial score (nSPS) is 14.9. The number of halogens is 6. The van der Waals surface area contributed by atoms with Crippen LogP contribution in [0.1, 0.15) is 0 Å². The SMILES string of the molecule is O=S(=O)(O)CC(C(F)(F)F)C(F)(F)F. The molecule has 0 saturated heterocycles. The van der Waals surface area contributed by atoms with Crippen molar-refractivity contribution in [1.29, 1.82) is 0 Å². The average Bonchev–Trinajstić information content (AvgIpc) is 1.75. The number of alkyl halides is 6. The van der Waals surface area contributed by atoms with E-state index in [0.717, 1.165) is 0 Å². The Hall–Kier alpha value is -0.510. The van der Waals surface area contributed by atoms with Gasteiger partial charge in [0.25, 0.3) is 10.1 Å². The lowest BCUT2D eigenvalue weighted by atomic mass is 10.1. The predicted octanol–water partition coefficient (Wildman–Crippen LogP) is 1.62. The molecule has 1 N–H and O–H groups in total. The fraction of sp³-hybridized carbons (Fsp3) is 1.00. The van der Waals surface area contributed by atoms with Gasteiger partial charge in [0.15, 0.2) is 5.92 Å². The third-order valence-corrected chi connectivity index (χ3v) is 1.92. The van der Waals surface area contributed by atoms with Crippen LogP contribution in [-0.4, -0.2) is 31.1 Å². The summed E-state index contributed by atoms with van der Waals surface area (Å²) >= 11 is 0. The quantitative estimate of drug-likeness (QED) is 0.595. The summed E-state index contributed by atoms with van der Waals surface area (Å²) < 4.78 is 97.6. The highest BCUT2D eigenvalue weighted by Gasteiger charge is 2.58. The first-order valence-electron chi connectivity index (χ1n) is 2.92. The first-order valence-corrected chi connectivity index (χ1v) is 4.53. The Bertz CT molecular complexity index is 273. The van der Waals surface area contributed by atoms with Crippen LogP contribution in [0.3, 0.4) is 0 Å². The zero-order chi connectivity index (χ0) is 11.8. The van der Waals surface area contributed by atoms with Crippen molar-refractivity contribution >= 4 is 10.1 Å². The molecular weight excluding hydrogens is 242 g/mol. The molecule has 0 heterocycles. The van der Waals surface area contributed by atoms with Gasteiger partial charge in [0.2, 0.25) is 0 Å². The van der Waals surface area contributed by atoms with E-state index in [9.17, 15) is 34.8 Å². The van der Waals surface area contributed by atoms with E-state index in [4.69, 9.17) is 4.55 Å². The summed E-state index contributed by atoms with van der Waals surface area (Å²) in [6.45, 7) is 0. The zero-order valence-electron chi connectivity index (χ0n) is 6.22. The Morgan fingerprint density at radius 1 is 1.00 bits per heavy atom. The minimum absolute atomic E-state index is 2.42. The summed E-state index contributed by atoms with van der Waals surface area (Å²) in [5.74, 6) is -6.48. The molecule has 0 aromatic carbocycles. The lowest BCUT2D eigenvalue weighted by Crippen LogP contribution is -2.41. The maximum atomic E-state index is 11.7. The molecule has 14 heavy (non-hydrogen) atoms. The minimum atomic E-state index is -5.76. The van der Waals surface area contributed by atoms with Crippen molar-refractivity contribution in [2.24, 2.45) is 5.92 Å². The summed E-state index contributed by atoms with van der Waals surface area (Å²) in [4.78, 5) is 0. The summed E-state index contributed by atoms with van der Waals surface area (Å²) in [6.07, 6.45) is -11.5. The molecule has 10 heteroatoms. The lowest BCUT2D eigenvalue weighted by Gasteiger charge is -2.21. The Morgan fingerprint density at radius 3 is 1.36 bits per heavy atom. The Morgan fingerprint density at radius 2 is 1.29 bits per heavy atom. The van der Waals surface area contributed by atoms with Crippen molar-refractivity contribution in [1.82, 2.24) is 0 Å². The maximum Gasteiger partial charge on any atom is 0.401 e. The summed E-state index contributed by atoms with van der Waals surface area (Å²) in [5.41, 5.74) is 0. The highest BCUT2D eigenvalue weighted by atomic mass is 32.2. The molecule has 0 rings (SSSR count). The number of hydrogen-bond donors (Lipinski definition) is 1. The number of rotatable bonds is 2. The molecule has 0 aromatic rings. The Labute approximate surface area is 74.5 Å². The molecule has 0 aliphatic carbocycles. The van der Waals surface area contributed by atoms with Gasteiger partial charge in [0.05, 0.1) is 5.75 Å². The molecule has 0 fully saturated rings. The largest absolute Gasteiger partial charge is 0.401 e. The standard InChI is InChI=1S/C4H4F6O3S/c5-3(6,7)2(4(8,9)10)1-14(11,12)13/h2H,1H2,(H,11,12,13). The minimum Gasteiger partial charge on any atom is -0.286 e. The van der Waals surface area contributed by atoms with E-state index in [0.29, 0.717) is 0 Å². The van der Waals surface area contributed by atoms with E-state index in [1.807, 2.05) is 0 Å². The second kappa shape index (κ2) is 3.57. The average molecular weight is 246 g/mol. The molecule has 0 spiro atoms. The van der Waals surface area contributed by atoms with Crippen LogP contribution in [0, 0.1) is 5.92 Å². The van der Waals surface area contributed by atoms with Crippen LogP contribution >= 0.6 is 0 Å². The molecule has 0 bridgehead atoms. The molecule has 0 aromatic heterocycles. The summed E-state index contributed by atoms with van der Waals surface area (Å²) in [7, 11) is -5.33. The van der Waals surface area contributed by atoms with Crippen molar-refractivity contribution in [3.63, 3.8) is 0 Å². The van der Waals surface area contributed by atoms with E-state index >= 15 is 0 Å². The number of hydrogen-bond acceptors (Lipinski definition) is 2. The van der Waals surface area contributed by atoms with Crippen LogP contribution < -0.4 is 0 Å². The van der Waals surface area contributed by atoms with Gasteiger partial charge < -0.3 is 0 Å². The first kappa shape index (κ1) is 13.5. The fourth-order valence-electron chi connectivity index (χ4n) is 0.585. The van der Waals surface area contributed by atoms with Crippen molar-refractivity contribution in [3.05, 3.63) is 0 Å². The topological polar surface area (TPSA) is 54.4 Å². The molecule has 0 unspecified atom stereocenters. The van der Waals surface area contributed by atoms with Crippen LogP contribution in [0.25, 0.3) is 0 Å². The summed E-state index contributed by atoms with van der Waals surface area (Å²) in [5, 5.41) is 0. The molecule has 0 aliphatic heterocycles. The Kier molecular flexibility index (Phi) is 3.44. The molecule has 3 nitrogen and oxygen atoms in total. The van der Waals surface area contributed by atoms with Gasteiger partial charge in [-0.2, -0.15) is 34.8 Å². The molecule has 86 valence electrons. The van der Waals surface area contributed by atoms with Crippen LogP contribution in [0.2, 0.25) is 0 Å². The van der Waals surface area contributed by atoms with E-state index < -0.39 is 34.1 Å². The van der Waals surface area contributed by atoms with Crippen LogP contribution in [0.4, 0.5) is 26.3 Å². The second-order valence-electron chi connectivity index (χ2n) is 2.38. The maximum absolute atomic E-state index is 11.7. The van der Waals surface area contributed by atoms with Gasteiger partial charge in [-0.25, -0.2) is 0 Å². The van der Waals surface area contributed by atoms with Gasteiger partial charge in [-0.3, -0.25) is 4.55 Å². The van der Waals surface area contributed by atoms with Crippen molar-refractivity contribution in [2.75, 3.05) is 5.75 Å². The zero-order valence-corrected chi connectivity index (χ0v) is 7.04. The van der Waals surface area contributed by atoms with Gasteiger partial charge in [-0.15, -0.1) is 0 Å². The molecule has 0 atom stereocenters. The Balaban J connectivity index is 4.97. The molecule has 0 saturated carbocycles. The van der Waals surface area contributed by atoms with Crippen molar-refractivity contribution in [3.8, 4) is 0 Å². The van der Waals surface area contributed by atoms with Crippen molar-refractivity contribution in [2.45, 2.75) is 12.4 Å². The van der Waals surface area contributed by atoms with Gasteiger partial charge in [-0.05, 0) is 0 Å². The van der Waals surface area contributed by atoms with Gasteiger partial charge in [0.1, 0.15) is 0 Å². The molecule has 0 aliphatic rings. The monoisotopic (exact) mass is 246 g/mol. The van der Waals surface area contributed by atoms with Gasteiger partial charge >= 0.3 is 12.4 Å². The molecule has 0 amide bonds. The van der Waals surface area contributed by atoms with Crippen LogP contribution in [0.15, 0.2) is 0 Å². The predicted molar refractivity (Wildman–Crippen MR) is 32.0 cm³/mol. The summed E-state index contributed by atoms with van der Waals surface area (Å²) in [6, 6.07) is 0. The van der Waals surface area contributed by atoms with Crippen LogP contribution in [0.5, 0.6) is 0 Å². The third-order valence-electron chi connectivity index (χ3n) is 1.17. The van der Waals surface area contributed by atoms with Crippen molar-refractivity contribution < 1.29 is 39.3 Å². The van der Waals surface area contributed by atoms with E-state index in [2.05, 4.69) is 0 Å². The fourth-order valence-corrected chi connectivity index (χ4v) is 1.38.